The zero-order valence-electron chi connectivity index (χ0n) is 11.0. The Labute approximate surface area is 112 Å². The molecule has 1 aromatic rings. The standard InChI is InChI=1S/C13H19N3O3/c1-2-19-13-8-11(7-12(9-13)16(17)18)15-5-3-10(14)4-6-15/h7-10H,2-6,14H2,1H3. The van der Waals surface area contributed by atoms with Gasteiger partial charge in [0.1, 0.15) is 5.75 Å². The highest BCUT2D eigenvalue weighted by atomic mass is 16.6. The number of nitrogens with zero attached hydrogens (tertiary/aromatic N) is 2. The van der Waals surface area contributed by atoms with E-state index in [9.17, 15) is 10.1 Å². The molecule has 0 amide bonds. The van der Waals surface area contributed by atoms with Crippen LogP contribution in [0.2, 0.25) is 0 Å². The summed E-state index contributed by atoms with van der Waals surface area (Å²) in [7, 11) is 0. The lowest BCUT2D eigenvalue weighted by Crippen LogP contribution is -2.39. The first-order valence-electron chi connectivity index (χ1n) is 6.53. The number of nitrogens with two attached hydrogens (primary N) is 1. The number of hydrogen-bond acceptors (Lipinski definition) is 5. The molecule has 0 spiro atoms. The minimum Gasteiger partial charge on any atom is -0.494 e. The molecule has 0 radical (unpaired) electrons. The second-order valence-corrected chi connectivity index (χ2v) is 4.70. The molecule has 1 saturated heterocycles. The maximum absolute atomic E-state index is 11.0. The van der Waals surface area contributed by atoms with Crippen molar-refractivity contribution < 1.29 is 9.66 Å². The summed E-state index contributed by atoms with van der Waals surface area (Å²) in [5.74, 6) is 0.543. The second kappa shape index (κ2) is 5.88. The van der Waals surface area contributed by atoms with E-state index in [0.717, 1.165) is 31.6 Å². The van der Waals surface area contributed by atoms with Crippen LogP contribution >= 0.6 is 0 Å². The SMILES string of the molecule is CCOc1cc(N2CCC(N)CC2)cc([N+](=O)[O-])c1. The summed E-state index contributed by atoms with van der Waals surface area (Å²) in [6.45, 7) is 4.01. The number of piperidine rings is 1. The highest BCUT2D eigenvalue weighted by Crippen LogP contribution is 2.30. The molecular weight excluding hydrogens is 246 g/mol. The summed E-state index contributed by atoms with van der Waals surface area (Å²) < 4.78 is 5.39. The van der Waals surface area contributed by atoms with E-state index in [0.29, 0.717) is 12.4 Å². The third-order valence-corrected chi connectivity index (χ3v) is 3.30. The Kier molecular flexibility index (Phi) is 4.21. The van der Waals surface area contributed by atoms with Gasteiger partial charge in [-0.3, -0.25) is 10.1 Å². The van der Waals surface area contributed by atoms with Gasteiger partial charge in [-0.2, -0.15) is 0 Å². The van der Waals surface area contributed by atoms with Crippen molar-refractivity contribution >= 4 is 11.4 Å². The number of anilines is 1. The van der Waals surface area contributed by atoms with Gasteiger partial charge in [0.15, 0.2) is 0 Å². The third-order valence-electron chi connectivity index (χ3n) is 3.30. The van der Waals surface area contributed by atoms with Crippen molar-refractivity contribution in [3.8, 4) is 5.75 Å². The number of non-ortho nitro benzene ring substituents is 1. The first-order chi connectivity index (χ1) is 9.10. The van der Waals surface area contributed by atoms with E-state index in [1.807, 2.05) is 13.0 Å². The van der Waals surface area contributed by atoms with E-state index in [-0.39, 0.29) is 16.7 Å². The van der Waals surface area contributed by atoms with Crippen LogP contribution in [0.3, 0.4) is 0 Å². The average molecular weight is 265 g/mol. The molecule has 6 nitrogen and oxygen atoms in total. The molecule has 6 heteroatoms. The molecule has 0 unspecified atom stereocenters. The number of nitro groups is 1. The van der Waals surface area contributed by atoms with Gasteiger partial charge in [0, 0.05) is 37.0 Å². The van der Waals surface area contributed by atoms with Gasteiger partial charge in [0.05, 0.1) is 17.6 Å². The van der Waals surface area contributed by atoms with Crippen molar-refractivity contribution in [2.75, 3.05) is 24.6 Å². The zero-order chi connectivity index (χ0) is 13.8. The molecule has 19 heavy (non-hydrogen) atoms. The molecule has 0 aliphatic carbocycles. The van der Waals surface area contributed by atoms with Crippen molar-refractivity contribution in [3.63, 3.8) is 0 Å². The molecule has 0 saturated carbocycles. The number of rotatable bonds is 4. The molecule has 0 aromatic heterocycles. The predicted molar refractivity (Wildman–Crippen MR) is 73.7 cm³/mol. The monoisotopic (exact) mass is 265 g/mol. The van der Waals surface area contributed by atoms with Gasteiger partial charge in [-0.15, -0.1) is 0 Å². The fourth-order valence-corrected chi connectivity index (χ4v) is 2.26. The van der Waals surface area contributed by atoms with Gasteiger partial charge >= 0.3 is 0 Å². The van der Waals surface area contributed by atoms with Crippen molar-refractivity contribution in [2.24, 2.45) is 5.73 Å². The molecule has 0 bridgehead atoms. The van der Waals surface area contributed by atoms with E-state index in [2.05, 4.69) is 4.90 Å². The normalized spacial score (nSPS) is 16.4. The summed E-state index contributed by atoms with van der Waals surface area (Å²) in [6.07, 6.45) is 1.82. The van der Waals surface area contributed by atoms with E-state index in [1.54, 1.807) is 6.07 Å². The van der Waals surface area contributed by atoms with Crippen LogP contribution in [0.1, 0.15) is 19.8 Å². The Balaban J connectivity index is 2.25. The predicted octanol–water partition coefficient (Wildman–Crippen LogP) is 1.92. The van der Waals surface area contributed by atoms with Crippen LogP contribution in [-0.2, 0) is 0 Å². The fraction of sp³-hybridized carbons (Fsp3) is 0.538. The molecule has 2 rings (SSSR count). The molecule has 1 fully saturated rings. The van der Waals surface area contributed by atoms with Crippen molar-refractivity contribution in [3.05, 3.63) is 28.3 Å². The largest absolute Gasteiger partial charge is 0.494 e. The van der Waals surface area contributed by atoms with Crippen LogP contribution in [0, 0.1) is 10.1 Å². The average Bonchev–Trinajstić information content (AvgIpc) is 2.39. The van der Waals surface area contributed by atoms with Gasteiger partial charge in [-0.05, 0) is 19.8 Å². The van der Waals surface area contributed by atoms with Crippen molar-refractivity contribution in [2.45, 2.75) is 25.8 Å². The minimum atomic E-state index is -0.387. The van der Waals surface area contributed by atoms with Crippen LogP contribution in [0.25, 0.3) is 0 Å². The maximum Gasteiger partial charge on any atom is 0.275 e. The lowest BCUT2D eigenvalue weighted by atomic mass is 10.1. The quantitative estimate of drug-likeness (QED) is 0.664. The lowest BCUT2D eigenvalue weighted by Gasteiger charge is -2.32. The number of benzene rings is 1. The smallest absolute Gasteiger partial charge is 0.275 e. The van der Waals surface area contributed by atoms with Crippen LogP contribution in [0.5, 0.6) is 5.75 Å². The summed E-state index contributed by atoms with van der Waals surface area (Å²) in [5, 5.41) is 11.0. The topological polar surface area (TPSA) is 81.6 Å². The summed E-state index contributed by atoms with van der Waals surface area (Å²) in [5.41, 5.74) is 6.77. The van der Waals surface area contributed by atoms with E-state index in [4.69, 9.17) is 10.5 Å². The second-order valence-electron chi connectivity index (χ2n) is 4.70. The summed E-state index contributed by atoms with van der Waals surface area (Å²) in [6, 6.07) is 5.15. The Bertz CT molecular complexity index is 456. The van der Waals surface area contributed by atoms with E-state index < -0.39 is 0 Å². The number of nitro benzene ring substituents is 1. The molecule has 1 aliphatic heterocycles. The summed E-state index contributed by atoms with van der Waals surface area (Å²) >= 11 is 0. The van der Waals surface area contributed by atoms with Crippen molar-refractivity contribution in [1.82, 2.24) is 0 Å². The van der Waals surface area contributed by atoms with Gasteiger partial charge in [-0.25, -0.2) is 0 Å². The van der Waals surface area contributed by atoms with Crippen LogP contribution in [0.4, 0.5) is 11.4 Å². The number of hydrogen-bond donors (Lipinski definition) is 1. The Morgan fingerprint density at radius 2 is 2.11 bits per heavy atom. The molecule has 104 valence electrons. The molecule has 1 aromatic carbocycles. The molecular formula is C13H19N3O3. The first kappa shape index (κ1) is 13.6. The Morgan fingerprint density at radius 3 is 2.68 bits per heavy atom. The highest BCUT2D eigenvalue weighted by Gasteiger charge is 2.19. The van der Waals surface area contributed by atoms with Crippen LogP contribution < -0.4 is 15.4 Å². The maximum atomic E-state index is 11.0. The zero-order valence-corrected chi connectivity index (χ0v) is 11.0. The minimum absolute atomic E-state index is 0.0656. The molecule has 1 aliphatic rings. The van der Waals surface area contributed by atoms with Gasteiger partial charge in [0.2, 0.25) is 0 Å². The lowest BCUT2D eigenvalue weighted by molar-refractivity contribution is -0.384. The Morgan fingerprint density at radius 1 is 1.42 bits per heavy atom. The van der Waals surface area contributed by atoms with E-state index >= 15 is 0 Å². The van der Waals surface area contributed by atoms with Gasteiger partial charge in [0.25, 0.3) is 5.69 Å². The molecule has 0 atom stereocenters. The van der Waals surface area contributed by atoms with Crippen LogP contribution in [0.15, 0.2) is 18.2 Å². The van der Waals surface area contributed by atoms with Crippen LogP contribution in [-0.4, -0.2) is 30.7 Å². The summed E-state index contributed by atoms with van der Waals surface area (Å²) in [4.78, 5) is 12.7. The molecule has 1 heterocycles. The number of ether oxygens (including phenoxy) is 1. The third kappa shape index (κ3) is 3.35. The highest BCUT2D eigenvalue weighted by molar-refractivity contribution is 5.58. The van der Waals surface area contributed by atoms with E-state index in [1.165, 1.54) is 6.07 Å². The van der Waals surface area contributed by atoms with Gasteiger partial charge < -0.3 is 15.4 Å². The Hall–Kier alpha value is -1.82. The van der Waals surface area contributed by atoms with Crippen molar-refractivity contribution in [1.29, 1.82) is 0 Å². The van der Waals surface area contributed by atoms with Gasteiger partial charge in [-0.1, -0.05) is 0 Å². The fourth-order valence-electron chi connectivity index (χ4n) is 2.26. The molecule has 2 N–H and O–H groups in total. The first-order valence-corrected chi connectivity index (χ1v) is 6.53.